The minimum Gasteiger partial charge on any atom is -0.492 e. The SMILES string of the molecule is CSCC[C@H](NC(C)=O)C(=O)N(C)[C@@H]1C(=O)N[C@@H](C)C(=O)N[C@H](C(=O)NCC#N)Cc2ccc(OCCN)c(c2)-c2cc1ccc2OCCN. The number of hydrogen-bond donors (Lipinski definition) is 6. The van der Waals surface area contributed by atoms with Crippen LogP contribution in [0.5, 0.6) is 11.5 Å². The molecule has 4 atom stereocenters. The van der Waals surface area contributed by atoms with E-state index in [9.17, 15) is 24.0 Å². The lowest BCUT2D eigenvalue weighted by Gasteiger charge is -2.32. The van der Waals surface area contributed by atoms with Gasteiger partial charge in [0.05, 0.1) is 6.07 Å². The standard InChI is InChI=1S/C34H46N8O7S/c1-20-31(44)41-27(32(45)38-13-10-35)18-22-5-7-28(48-14-11-36)24(17-22)25-19-23(6-8-29(25)49-15-12-37)30(33(46)39-20)42(3)34(47)26(9-16-50-4)40-21(2)43/h5-8,17,19-20,26-27,30H,9,11-16,18,36-37H2,1-4H3,(H,38,45)(H,39,46)(H,40,43)(H,41,44)/t20-,26-,27-,30-/m0/s1. The maximum absolute atomic E-state index is 14.2. The van der Waals surface area contributed by atoms with Gasteiger partial charge in [-0.2, -0.15) is 17.0 Å². The molecule has 3 rings (SSSR count). The molecule has 0 radical (unpaired) electrons. The Kier molecular flexibility index (Phi) is 15.3. The van der Waals surface area contributed by atoms with Crippen LogP contribution in [0.2, 0.25) is 0 Å². The number of benzene rings is 2. The van der Waals surface area contributed by atoms with E-state index in [1.807, 2.05) is 12.3 Å². The van der Waals surface area contributed by atoms with E-state index in [-0.39, 0.29) is 39.3 Å². The van der Waals surface area contributed by atoms with Crippen molar-refractivity contribution < 1.29 is 33.4 Å². The molecule has 50 heavy (non-hydrogen) atoms. The van der Waals surface area contributed by atoms with Gasteiger partial charge in [0.1, 0.15) is 55.4 Å². The molecule has 1 aliphatic rings. The van der Waals surface area contributed by atoms with E-state index in [2.05, 4.69) is 21.3 Å². The summed E-state index contributed by atoms with van der Waals surface area (Å²) < 4.78 is 12.0. The summed E-state index contributed by atoms with van der Waals surface area (Å²) in [6.07, 6.45) is 2.23. The summed E-state index contributed by atoms with van der Waals surface area (Å²) in [5.74, 6) is -1.45. The average molecular weight is 711 g/mol. The molecule has 4 bridgehead atoms. The van der Waals surface area contributed by atoms with E-state index in [1.54, 1.807) is 36.4 Å². The van der Waals surface area contributed by atoms with Crippen LogP contribution in [0.25, 0.3) is 11.1 Å². The van der Waals surface area contributed by atoms with E-state index in [4.69, 9.17) is 26.2 Å². The average Bonchev–Trinajstić information content (AvgIpc) is 3.09. The van der Waals surface area contributed by atoms with Crippen molar-refractivity contribution in [2.24, 2.45) is 11.5 Å². The number of ether oxygens (including phenoxy) is 2. The fraction of sp³-hybridized carbons (Fsp3) is 0.471. The van der Waals surface area contributed by atoms with E-state index >= 15 is 0 Å². The maximum atomic E-state index is 14.2. The van der Waals surface area contributed by atoms with E-state index in [0.717, 1.165) is 0 Å². The fourth-order valence-corrected chi connectivity index (χ4v) is 5.92. The van der Waals surface area contributed by atoms with Gasteiger partial charge in [-0.05, 0) is 60.7 Å². The van der Waals surface area contributed by atoms with Crippen molar-refractivity contribution in [2.45, 2.75) is 50.9 Å². The Morgan fingerprint density at radius 1 is 1.04 bits per heavy atom. The number of carbonyl (C=O) groups is 5. The Hall–Kier alpha value is -4.85. The molecule has 0 saturated heterocycles. The van der Waals surface area contributed by atoms with E-state index in [0.29, 0.717) is 45.9 Å². The molecule has 0 aromatic heterocycles. The molecule has 1 aliphatic heterocycles. The number of nitrogens with zero attached hydrogens (tertiary/aromatic N) is 2. The summed E-state index contributed by atoms with van der Waals surface area (Å²) >= 11 is 1.51. The molecule has 0 aliphatic carbocycles. The topological polar surface area (TPSA) is 231 Å². The number of nitrogens with two attached hydrogens (primary N) is 2. The van der Waals surface area contributed by atoms with Gasteiger partial charge in [0.15, 0.2) is 0 Å². The summed E-state index contributed by atoms with van der Waals surface area (Å²) in [6.45, 7) is 3.29. The zero-order chi connectivity index (χ0) is 36.8. The Bertz CT molecular complexity index is 1580. The minimum absolute atomic E-state index is 0.0347. The largest absolute Gasteiger partial charge is 0.492 e. The van der Waals surface area contributed by atoms with Gasteiger partial charge < -0.3 is 47.1 Å². The summed E-state index contributed by atoms with van der Waals surface area (Å²) in [7, 11) is 1.46. The fourth-order valence-electron chi connectivity index (χ4n) is 5.44. The Morgan fingerprint density at radius 2 is 1.68 bits per heavy atom. The lowest BCUT2D eigenvalue weighted by molar-refractivity contribution is -0.142. The number of nitriles is 1. The lowest BCUT2D eigenvalue weighted by Crippen LogP contribution is -2.56. The molecule has 1 heterocycles. The second-order valence-electron chi connectivity index (χ2n) is 11.6. The van der Waals surface area contributed by atoms with Crippen LogP contribution >= 0.6 is 11.8 Å². The Balaban J connectivity index is 2.30. The van der Waals surface area contributed by atoms with Crippen molar-refractivity contribution in [3.05, 3.63) is 47.5 Å². The molecule has 0 unspecified atom stereocenters. The van der Waals surface area contributed by atoms with Crippen molar-refractivity contribution in [1.29, 1.82) is 5.26 Å². The predicted molar refractivity (Wildman–Crippen MR) is 189 cm³/mol. The molecule has 2 aromatic rings. The van der Waals surface area contributed by atoms with Crippen LogP contribution in [0.4, 0.5) is 0 Å². The highest BCUT2D eigenvalue weighted by Gasteiger charge is 2.35. The summed E-state index contributed by atoms with van der Waals surface area (Å²) in [5.41, 5.74) is 13.6. The van der Waals surface area contributed by atoms with Gasteiger partial charge in [0.2, 0.25) is 29.5 Å². The van der Waals surface area contributed by atoms with Crippen molar-refractivity contribution in [1.82, 2.24) is 26.2 Å². The summed E-state index contributed by atoms with van der Waals surface area (Å²) in [4.78, 5) is 68.1. The molecule has 15 nitrogen and oxygen atoms in total. The van der Waals surface area contributed by atoms with Crippen LogP contribution in [0, 0.1) is 11.3 Å². The predicted octanol–water partition coefficient (Wildman–Crippen LogP) is -0.0287. The molecule has 0 saturated carbocycles. The normalized spacial score (nSPS) is 17.9. The van der Waals surface area contributed by atoms with Crippen molar-refractivity contribution in [3.63, 3.8) is 0 Å². The minimum atomic E-state index is -1.28. The monoisotopic (exact) mass is 710 g/mol. The van der Waals surface area contributed by atoms with Gasteiger partial charge in [0, 0.05) is 44.6 Å². The molecule has 0 fully saturated rings. The van der Waals surface area contributed by atoms with Gasteiger partial charge >= 0.3 is 0 Å². The number of likely N-dealkylation sites (N-methyl/N-ethyl adjacent to an activating group) is 1. The molecule has 5 amide bonds. The van der Waals surface area contributed by atoms with Crippen LogP contribution in [0.3, 0.4) is 0 Å². The first-order valence-corrected chi connectivity index (χ1v) is 17.6. The Labute approximate surface area is 296 Å². The first-order valence-electron chi connectivity index (χ1n) is 16.2. The number of rotatable bonds is 14. The highest BCUT2D eigenvalue weighted by atomic mass is 32.2. The zero-order valence-electron chi connectivity index (χ0n) is 28.7. The smallest absolute Gasteiger partial charge is 0.248 e. The molecule has 2 aromatic carbocycles. The van der Waals surface area contributed by atoms with Gasteiger partial charge in [0.25, 0.3) is 0 Å². The number of thioether (sulfide) groups is 1. The first kappa shape index (κ1) is 39.6. The summed E-state index contributed by atoms with van der Waals surface area (Å²) in [6, 6.07) is 7.67. The van der Waals surface area contributed by atoms with Crippen LogP contribution in [0.1, 0.15) is 37.4 Å². The van der Waals surface area contributed by atoms with Gasteiger partial charge in [-0.25, -0.2) is 0 Å². The van der Waals surface area contributed by atoms with Crippen LogP contribution in [0.15, 0.2) is 36.4 Å². The van der Waals surface area contributed by atoms with Gasteiger partial charge in [-0.1, -0.05) is 12.1 Å². The third-order valence-electron chi connectivity index (χ3n) is 7.84. The number of fused-ring (bicyclic) bond motifs is 5. The first-order chi connectivity index (χ1) is 23.9. The zero-order valence-corrected chi connectivity index (χ0v) is 29.6. The van der Waals surface area contributed by atoms with Crippen LogP contribution in [-0.2, 0) is 30.4 Å². The van der Waals surface area contributed by atoms with Gasteiger partial charge in [-0.3, -0.25) is 24.0 Å². The van der Waals surface area contributed by atoms with Crippen molar-refractivity contribution >= 4 is 41.3 Å². The third-order valence-corrected chi connectivity index (χ3v) is 8.48. The van der Waals surface area contributed by atoms with Crippen molar-refractivity contribution in [2.75, 3.05) is 51.9 Å². The Morgan fingerprint density at radius 3 is 2.28 bits per heavy atom. The molecular weight excluding hydrogens is 664 g/mol. The second kappa shape index (κ2) is 19.4. The van der Waals surface area contributed by atoms with Gasteiger partial charge in [-0.15, -0.1) is 0 Å². The molecule has 0 spiro atoms. The molecule has 8 N–H and O–H groups in total. The second-order valence-corrected chi connectivity index (χ2v) is 12.6. The quantitative estimate of drug-likeness (QED) is 0.143. The van der Waals surface area contributed by atoms with E-state index < -0.39 is 53.7 Å². The maximum Gasteiger partial charge on any atom is 0.248 e. The lowest BCUT2D eigenvalue weighted by atomic mass is 9.93. The van der Waals surface area contributed by atoms with Crippen LogP contribution in [-0.4, -0.2) is 104 Å². The molecule has 270 valence electrons. The number of carbonyl (C=O) groups excluding carboxylic acids is 5. The van der Waals surface area contributed by atoms with Crippen LogP contribution < -0.4 is 42.2 Å². The third kappa shape index (κ3) is 10.6. The van der Waals surface area contributed by atoms with E-state index in [1.165, 1.54) is 37.6 Å². The number of nitrogens with one attached hydrogen (secondary N) is 4. The number of amides is 5. The highest BCUT2D eigenvalue weighted by molar-refractivity contribution is 7.98. The molecular formula is C34H46N8O7S. The highest BCUT2D eigenvalue weighted by Crippen LogP contribution is 2.40. The number of hydrogen-bond acceptors (Lipinski definition) is 11. The summed E-state index contributed by atoms with van der Waals surface area (Å²) in [5, 5.41) is 19.6. The van der Waals surface area contributed by atoms with Crippen molar-refractivity contribution in [3.8, 4) is 28.7 Å². The molecule has 16 heteroatoms.